The number of rotatable bonds is 6. The number of hydrogen-bond donors (Lipinski definition) is 4. The van der Waals surface area contributed by atoms with Crippen LogP contribution in [0.1, 0.15) is 11.8 Å². The summed E-state index contributed by atoms with van der Waals surface area (Å²) < 4.78 is 26.1. The monoisotopic (exact) mass is 405 g/mol. The third-order valence-electron chi connectivity index (χ3n) is 4.78. The Morgan fingerprint density at radius 1 is 1.21 bits per heavy atom. The van der Waals surface area contributed by atoms with E-state index in [1.165, 1.54) is 17.0 Å². The van der Waals surface area contributed by atoms with Gasteiger partial charge in [-0.25, -0.2) is 9.37 Å². The van der Waals surface area contributed by atoms with E-state index in [0.717, 1.165) is 0 Å². The van der Waals surface area contributed by atoms with Gasteiger partial charge in [0, 0.05) is 6.42 Å². The van der Waals surface area contributed by atoms with Crippen LogP contribution in [0.5, 0.6) is 6.01 Å². The van der Waals surface area contributed by atoms with Crippen molar-refractivity contribution >= 4 is 17.0 Å². The Balaban J connectivity index is 1.56. The predicted molar refractivity (Wildman–Crippen MR) is 98.3 cm³/mol. The molecule has 3 heterocycles. The Kier molecular flexibility index (Phi) is 5.28. The highest BCUT2D eigenvalue weighted by Gasteiger charge is 2.44. The molecule has 4 rings (SSSR count). The molecule has 1 aliphatic rings. The summed E-state index contributed by atoms with van der Waals surface area (Å²) in [5.41, 5.74) is 6.93. The Bertz CT molecular complexity index is 1020. The molecule has 29 heavy (non-hydrogen) atoms. The minimum Gasteiger partial charge on any atom is -0.463 e. The molecule has 0 bridgehead atoms. The van der Waals surface area contributed by atoms with E-state index in [1.54, 1.807) is 18.2 Å². The summed E-state index contributed by atoms with van der Waals surface area (Å²) >= 11 is 0. The van der Waals surface area contributed by atoms with Gasteiger partial charge in [-0.15, -0.1) is 0 Å². The fourth-order valence-corrected chi connectivity index (χ4v) is 3.23. The molecule has 2 aromatic heterocycles. The molecule has 5 N–H and O–H groups in total. The highest BCUT2D eigenvalue weighted by Crippen LogP contribution is 2.32. The van der Waals surface area contributed by atoms with E-state index in [4.69, 9.17) is 15.2 Å². The molecule has 0 aliphatic carbocycles. The number of anilines is 1. The maximum Gasteiger partial charge on any atom is 0.320 e. The van der Waals surface area contributed by atoms with Gasteiger partial charge in [0.1, 0.15) is 24.1 Å². The zero-order valence-corrected chi connectivity index (χ0v) is 15.2. The molecule has 0 spiro atoms. The molecule has 1 fully saturated rings. The van der Waals surface area contributed by atoms with E-state index >= 15 is 0 Å². The lowest BCUT2D eigenvalue weighted by Crippen LogP contribution is -2.33. The highest BCUT2D eigenvalue weighted by molar-refractivity contribution is 5.82. The number of aliphatic hydroxyl groups excluding tert-OH is 3. The van der Waals surface area contributed by atoms with Gasteiger partial charge in [-0.05, 0) is 11.6 Å². The Hall–Kier alpha value is -2.86. The summed E-state index contributed by atoms with van der Waals surface area (Å²) in [7, 11) is 0. The molecule has 0 amide bonds. The molecule has 10 nitrogen and oxygen atoms in total. The second-order valence-electron chi connectivity index (χ2n) is 6.63. The first-order valence-corrected chi connectivity index (χ1v) is 8.98. The van der Waals surface area contributed by atoms with Gasteiger partial charge in [-0.1, -0.05) is 18.2 Å². The fourth-order valence-electron chi connectivity index (χ4n) is 3.23. The van der Waals surface area contributed by atoms with Gasteiger partial charge in [-0.2, -0.15) is 9.97 Å². The van der Waals surface area contributed by atoms with Gasteiger partial charge in [-0.3, -0.25) is 4.57 Å². The average molecular weight is 405 g/mol. The van der Waals surface area contributed by atoms with Crippen molar-refractivity contribution in [2.24, 2.45) is 0 Å². The van der Waals surface area contributed by atoms with Gasteiger partial charge in [0.15, 0.2) is 23.2 Å². The zero-order chi connectivity index (χ0) is 20.5. The van der Waals surface area contributed by atoms with Gasteiger partial charge < -0.3 is 30.5 Å². The lowest BCUT2D eigenvalue weighted by Gasteiger charge is -2.16. The molecule has 4 atom stereocenters. The molecule has 11 heteroatoms. The molecule has 1 unspecified atom stereocenters. The van der Waals surface area contributed by atoms with Crippen LogP contribution in [0.25, 0.3) is 11.2 Å². The minimum absolute atomic E-state index is 0.0418. The molecular weight excluding hydrogens is 385 g/mol. The predicted octanol–water partition coefficient (Wildman–Crippen LogP) is -0.219. The first kappa shape index (κ1) is 19.5. The summed E-state index contributed by atoms with van der Waals surface area (Å²) in [6.07, 6.45) is -2.87. The van der Waals surface area contributed by atoms with Crippen LogP contribution in [0.15, 0.2) is 30.6 Å². The molecule has 154 valence electrons. The molecule has 1 saturated heterocycles. The van der Waals surface area contributed by atoms with E-state index in [9.17, 15) is 19.7 Å². The molecule has 1 aromatic carbocycles. The standard InChI is InChI=1S/C18H20FN5O5/c19-10-4-2-1-3-9(10)5-6-28-18-22-15(20)12-16(23-18)24(8-21-12)17-14(27)13(26)11(7-25)29-17/h1-4,8,11,13-14,17,25-27H,5-7H2,(H2,20,22,23)/t11-,13-,14-,17?/m0/s1. The topological polar surface area (TPSA) is 149 Å². The number of ether oxygens (including phenoxy) is 2. The number of fused-ring (bicyclic) bond motifs is 1. The minimum atomic E-state index is -1.30. The van der Waals surface area contributed by atoms with Crippen LogP contribution < -0.4 is 10.5 Å². The van der Waals surface area contributed by atoms with E-state index in [2.05, 4.69) is 15.0 Å². The lowest BCUT2D eigenvalue weighted by molar-refractivity contribution is -0.0511. The first-order chi connectivity index (χ1) is 14.0. The fraction of sp³-hybridized carbons (Fsp3) is 0.389. The quantitative estimate of drug-likeness (QED) is 0.437. The van der Waals surface area contributed by atoms with E-state index in [0.29, 0.717) is 12.0 Å². The number of aromatic nitrogens is 4. The number of nitrogen functional groups attached to an aromatic ring is 1. The molecule has 1 aliphatic heterocycles. The number of halogens is 1. The smallest absolute Gasteiger partial charge is 0.320 e. The summed E-state index contributed by atoms with van der Waals surface area (Å²) in [4.78, 5) is 12.4. The number of hydrogen-bond acceptors (Lipinski definition) is 9. The van der Waals surface area contributed by atoms with Crippen LogP contribution in [0, 0.1) is 5.82 Å². The van der Waals surface area contributed by atoms with Crippen molar-refractivity contribution in [3.8, 4) is 6.01 Å². The highest BCUT2D eigenvalue weighted by atomic mass is 19.1. The summed E-state index contributed by atoms with van der Waals surface area (Å²) in [5, 5.41) is 29.5. The summed E-state index contributed by atoms with van der Waals surface area (Å²) in [6, 6.07) is 6.33. The largest absolute Gasteiger partial charge is 0.463 e. The van der Waals surface area contributed by atoms with Crippen molar-refractivity contribution in [1.82, 2.24) is 19.5 Å². The molecule has 3 aromatic rings. The molecule has 0 radical (unpaired) electrons. The van der Waals surface area contributed by atoms with E-state index in [-0.39, 0.29) is 35.4 Å². The van der Waals surface area contributed by atoms with Crippen molar-refractivity contribution in [2.45, 2.75) is 31.0 Å². The SMILES string of the molecule is Nc1nc(OCCc2ccccc2F)nc2c1ncn2C1O[C@@H](CO)[C@H](O)[C@@H]1O. The third kappa shape index (κ3) is 3.60. The van der Waals surface area contributed by atoms with Crippen LogP contribution in [-0.4, -0.2) is 66.4 Å². The van der Waals surface area contributed by atoms with Crippen LogP contribution in [0.4, 0.5) is 10.2 Å². The summed E-state index contributed by atoms with van der Waals surface area (Å²) in [6.45, 7) is -0.337. The molecule has 0 saturated carbocycles. The average Bonchev–Trinajstić information content (AvgIpc) is 3.25. The zero-order valence-electron chi connectivity index (χ0n) is 15.2. The summed E-state index contributed by atoms with van der Waals surface area (Å²) in [5.74, 6) is -0.268. The van der Waals surface area contributed by atoms with Crippen molar-refractivity contribution in [1.29, 1.82) is 0 Å². The number of nitrogens with two attached hydrogens (primary N) is 1. The normalized spacial score (nSPS) is 24.3. The molecular formula is C18H20FN5O5. The number of imidazole rings is 1. The number of nitrogens with zero attached hydrogens (tertiary/aromatic N) is 4. The second-order valence-corrected chi connectivity index (χ2v) is 6.63. The van der Waals surface area contributed by atoms with Crippen LogP contribution in [0.2, 0.25) is 0 Å². The van der Waals surface area contributed by atoms with E-state index in [1.807, 2.05) is 0 Å². The third-order valence-corrected chi connectivity index (χ3v) is 4.78. The maximum atomic E-state index is 13.7. The number of aliphatic hydroxyl groups is 3. The van der Waals surface area contributed by atoms with Crippen molar-refractivity contribution in [3.63, 3.8) is 0 Å². The van der Waals surface area contributed by atoms with Crippen molar-refractivity contribution < 1.29 is 29.2 Å². The first-order valence-electron chi connectivity index (χ1n) is 8.98. The van der Waals surface area contributed by atoms with Crippen LogP contribution >= 0.6 is 0 Å². The Labute approximate surface area is 164 Å². The number of benzene rings is 1. The maximum absolute atomic E-state index is 13.7. The Morgan fingerprint density at radius 2 is 2.00 bits per heavy atom. The van der Waals surface area contributed by atoms with Gasteiger partial charge >= 0.3 is 6.01 Å². The van der Waals surface area contributed by atoms with E-state index < -0.39 is 31.1 Å². The van der Waals surface area contributed by atoms with Gasteiger partial charge in [0.2, 0.25) is 0 Å². The van der Waals surface area contributed by atoms with Crippen molar-refractivity contribution in [3.05, 3.63) is 42.0 Å². The van der Waals surface area contributed by atoms with Gasteiger partial charge in [0.25, 0.3) is 0 Å². The second kappa shape index (κ2) is 7.87. The Morgan fingerprint density at radius 3 is 2.72 bits per heavy atom. The van der Waals surface area contributed by atoms with Gasteiger partial charge in [0.05, 0.1) is 19.5 Å². The van der Waals surface area contributed by atoms with Crippen molar-refractivity contribution in [2.75, 3.05) is 18.9 Å². The van der Waals surface area contributed by atoms with Crippen LogP contribution in [0.3, 0.4) is 0 Å². The lowest BCUT2D eigenvalue weighted by atomic mass is 10.1. The van der Waals surface area contributed by atoms with Crippen LogP contribution in [-0.2, 0) is 11.2 Å².